The Balaban J connectivity index is 1.66. The molecule has 5 heteroatoms. The Morgan fingerprint density at radius 1 is 1.21 bits per heavy atom. The number of rotatable bonds is 4. The minimum atomic E-state index is -0.544. The Morgan fingerprint density at radius 2 is 1.92 bits per heavy atom. The van der Waals surface area contributed by atoms with E-state index >= 15 is 0 Å². The third kappa shape index (κ3) is 3.96. The summed E-state index contributed by atoms with van der Waals surface area (Å²) in [6, 6.07) is 16.9. The molecular weight excluding hydrogens is 324 g/mol. The van der Waals surface area contributed by atoms with Crippen LogP contribution in [0.15, 0.2) is 54.6 Å². The van der Waals surface area contributed by atoms with Gasteiger partial charge in [0.05, 0.1) is 19.2 Å². The van der Waals surface area contributed by atoms with Crippen LogP contribution >= 0.6 is 11.6 Å². The first-order valence-electron chi connectivity index (χ1n) is 8.09. The van der Waals surface area contributed by atoms with Gasteiger partial charge >= 0.3 is 0 Å². The van der Waals surface area contributed by atoms with Gasteiger partial charge < -0.3 is 15.4 Å². The number of carbonyl (C=O) groups is 1. The smallest absolute Gasteiger partial charge is 0.240 e. The second-order valence-electron chi connectivity index (χ2n) is 5.96. The van der Waals surface area contributed by atoms with Gasteiger partial charge in [0.15, 0.2) is 0 Å². The summed E-state index contributed by atoms with van der Waals surface area (Å²) in [7, 11) is 0. The van der Waals surface area contributed by atoms with Crippen LogP contribution in [0.3, 0.4) is 0 Å². The number of nitrogens with two attached hydrogens (primary N) is 1. The Bertz CT molecular complexity index is 693. The normalized spacial score (nSPS) is 19.1. The van der Waals surface area contributed by atoms with Crippen LogP contribution in [-0.4, -0.2) is 36.5 Å². The molecule has 0 radical (unpaired) electrons. The van der Waals surface area contributed by atoms with Crippen molar-refractivity contribution in [2.75, 3.05) is 19.7 Å². The average molecular weight is 345 g/mol. The van der Waals surface area contributed by atoms with Crippen molar-refractivity contribution in [3.63, 3.8) is 0 Å². The molecule has 1 heterocycles. The van der Waals surface area contributed by atoms with Crippen molar-refractivity contribution in [2.45, 2.75) is 18.6 Å². The predicted molar refractivity (Wildman–Crippen MR) is 94.8 cm³/mol. The van der Waals surface area contributed by atoms with Gasteiger partial charge in [-0.2, -0.15) is 0 Å². The molecule has 1 fully saturated rings. The maximum absolute atomic E-state index is 12.7. The van der Waals surface area contributed by atoms with E-state index in [4.69, 9.17) is 22.1 Å². The van der Waals surface area contributed by atoms with Crippen molar-refractivity contribution in [1.29, 1.82) is 0 Å². The van der Waals surface area contributed by atoms with Crippen LogP contribution in [0.25, 0.3) is 0 Å². The van der Waals surface area contributed by atoms with Gasteiger partial charge in [-0.1, -0.05) is 60.1 Å². The highest BCUT2D eigenvalue weighted by Crippen LogP contribution is 2.28. The zero-order valence-corrected chi connectivity index (χ0v) is 14.2. The Morgan fingerprint density at radius 3 is 2.67 bits per heavy atom. The van der Waals surface area contributed by atoms with Crippen LogP contribution in [0.4, 0.5) is 0 Å². The summed E-state index contributed by atoms with van der Waals surface area (Å²) in [5.74, 6) is -0.0424. The molecule has 1 aliphatic rings. The van der Waals surface area contributed by atoms with Crippen molar-refractivity contribution in [1.82, 2.24) is 4.90 Å². The van der Waals surface area contributed by atoms with Crippen molar-refractivity contribution in [3.05, 3.63) is 70.7 Å². The lowest BCUT2D eigenvalue weighted by Crippen LogP contribution is -2.50. The van der Waals surface area contributed by atoms with E-state index in [0.29, 0.717) is 31.1 Å². The second kappa shape index (κ2) is 7.79. The number of morpholine rings is 1. The molecule has 2 atom stereocenters. The predicted octanol–water partition coefficient (Wildman–Crippen LogP) is 2.81. The van der Waals surface area contributed by atoms with Crippen LogP contribution in [0.5, 0.6) is 0 Å². The zero-order valence-electron chi connectivity index (χ0n) is 13.4. The highest BCUT2D eigenvalue weighted by Gasteiger charge is 2.29. The van der Waals surface area contributed by atoms with Crippen molar-refractivity contribution < 1.29 is 9.53 Å². The van der Waals surface area contributed by atoms with Gasteiger partial charge in [-0.05, 0) is 18.1 Å². The van der Waals surface area contributed by atoms with Gasteiger partial charge in [-0.15, -0.1) is 0 Å². The number of amides is 1. The highest BCUT2D eigenvalue weighted by molar-refractivity contribution is 6.31. The number of nitrogens with zero attached hydrogens (tertiary/aromatic N) is 1. The zero-order chi connectivity index (χ0) is 16.9. The maximum atomic E-state index is 12.7. The van der Waals surface area contributed by atoms with E-state index in [9.17, 15) is 4.79 Å². The van der Waals surface area contributed by atoms with E-state index in [1.807, 2.05) is 54.6 Å². The van der Waals surface area contributed by atoms with Crippen LogP contribution < -0.4 is 5.73 Å². The number of hydrogen-bond donors (Lipinski definition) is 1. The summed E-state index contributed by atoms with van der Waals surface area (Å²) in [6.45, 7) is 1.52. The van der Waals surface area contributed by atoms with Gasteiger partial charge in [0.1, 0.15) is 6.10 Å². The Hall–Kier alpha value is -1.88. The molecule has 24 heavy (non-hydrogen) atoms. The molecule has 0 aliphatic carbocycles. The summed E-state index contributed by atoms with van der Waals surface area (Å²) >= 11 is 6.25. The molecule has 2 N–H and O–H groups in total. The lowest BCUT2D eigenvalue weighted by atomic mass is 10.0. The Labute approximate surface area is 147 Å². The fourth-order valence-corrected chi connectivity index (χ4v) is 3.22. The lowest BCUT2D eigenvalue weighted by Gasteiger charge is -2.35. The molecule has 4 nitrogen and oxygen atoms in total. The first-order chi connectivity index (χ1) is 11.6. The minimum absolute atomic E-state index is 0.0424. The van der Waals surface area contributed by atoms with Gasteiger partial charge in [-0.3, -0.25) is 4.79 Å². The molecule has 2 aromatic rings. The van der Waals surface area contributed by atoms with Crippen molar-refractivity contribution in [3.8, 4) is 0 Å². The molecule has 3 rings (SSSR count). The highest BCUT2D eigenvalue weighted by atomic mass is 35.5. The standard InChI is InChI=1S/C19H21ClN2O2/c20-16-9-5-4-8-15(16)18-13-22(10-11-24-18)19(23)17(21)12-14-6-2-1-3-7-14/h1-9,17-18H,10-13,21H2/t17-,18?/m0/s1. The lowest BCUT2D eigenvalue weighted by molar-refractivity contribution is -0.140. The SMILES string of the molecule is N[C@@H](Cc1ccccc1)C(=O)N1CCOC(c2ccccc2Cl)C1. The number of benzene rings is 2. The van der Waals surface area contributed by atoms with Gasteiger partial charge in [0, 0.05) is 17.1 Å². The van der Waals surface area contributed by atoms with Gasteiger partial charge in [0.25, 0.3) is 0 Å². The Kier molecular flexibility index (Phi) is 5.51. The monoisotopic (exact) mass is 344 g/mol. The molecule has 0 aromatic heterocycles. The van der Waals surface area contributed by atoms with E-state index in [1.165, 1.54) is 0 Å². The summed E-state index contributed by atoms with van der Waals surface area (Å²) in [4.78, 5) is 14.5. The first kappa shape index (κ1) is 17.0. The average Bonchev–Trinajstić information content (AvgIpc) is 2.62. The van der Waals surface area contributed by atoms with Crippen LogP contribution in [0.1, 0.15) is 17.2 Å². The summed E-state index contributed by atoms with van der Waals surface area (Å²) in [5.41, 5.74) is 8.11. The van der Waals surface area contributed by atoms with E-state index < -0.39 is 6.04 Å². The summed E-state index contributed by atoms with van der Waals surface area (Å²) < 4.78 is 5.80. The molecule has 1 aliphatic heterocycles. The van der Waals surface area contributed by atoms with Gasteiger partial charge in [0.2, 0.25) is 5.91 Å². The molecule has 2 aromatic carbocycles. The molecular formula is C19H21ClN2O2. The summed E-state index contributed by atoms with van der Waals surface area (Å²) in [5, 5.41) is 0.658. The first-order valence-corrected chi connectivity index (χ1v) is 8.47. The van der Waals surface area contributed by atoms with E-state index in [2.05, 4.69) is 0 Å². The van der Waals surface area contributed by atoms with E-state index in [-0.39, 0.29) is 12.0 Å². The largest absolute Gasteiger partial charge is 0.370 e. The topological polar surface area (TPSA) is 55.6 Å². The van der Waals surface area contributed by atoms with Crippen molar-refractivity contribution >= 4 is 17.5 Å². The van der Waals surface area contributed by atoms with Crippen LogP contribution in [-0.2, 0) is 16.0 Å². The number of hydrogen-bond acceptors (Lipinski definition) is 3. The fourth-order valence-electron chi connectivity index (χ4n) is 2.96. The molecule has 0 spiro atoms. The molecule has 1 amide bonds. The molecule has 0 bridgehead atoms. The summed E-state index contributed by atoms with van der Waals surface area (Å²) in [6.07, 6.45) is 0.327. The number of ether oxygens (including phenoxy) is 1. The third-order valence-corrected chi connectivity index (χ3v) is 4.59. The number of halogens is 1. The second-order valence-corrected chi connectivity index (χ2v) is 6.37. The van der Waals surface area contributed by atoms with E-state index in [1.54, 1.807) is 4.90 Å². The molecule has 1 unspecified atom stereocenters. The van der Waals surface area contributed by atoms with E-state index in [0.717, 1.165) is 11.1 Å². The number of carbonyl (C=O) groups excluding carboxylic acids is 1. The quantitative estimate of drug-likeness (QED) is 0.927. The molecule has 1 saturated heterocycles. The molecule has 126 valence electrons. The maximum Gasteiger partial charge on any atom is 0.240 e. The fraction of sp³-hybridized carbons (Fsp3) is 0.316. The van der Waals surface area contributed by atoms with Crippen LogP contribution in [0, 0.1) is 0 Å². The third-order valence-electron chi connectivity index (χ3n) is 4.25. The molecule has 0 saturated carbocycles. The van der Waals surface area contributed by atoms with Crippen LogP contribution in [0.2, 0.25) is 5.02 Å². The minimum Gasteiger partial charge on any atom is -0.370 e. The van der Waals surface area contributed by atoms with Gasteiger partial charge in [-0.25, -0.2) is 0 Å². The van der Waals surface area contributed by atoms with Crippen molar-refractivity contribution in [2.24, 2.45) is 5.73 Å².